The minimum Gasteiger partial charge on any atom is -0.461 e. The summed E-state index contributed by atoms with van der Waals surface area (Å²) >= 11 is 1.49. The number of rotatable bonds is 4. The van der Waals surface area contributed by atoms with E-state index in [2.05, 4.69) is 5.10 Å². The fraction of sp³-hybridized carbons (Fsp3) is 0.312. The number of aromatic nitrogens is 2. The van der Waals surface area contributed by atoms with Gasteiger partial charge in [-0.05, 0) is 19.1 Å². The summed E-state index contributed by atoms with van der Waals surface area (Å²) in [5.41, 5.74) is 1.81. The number of amides is 1. The second-order valence-corrected chi connectivity index (χ2v) is 6.17. The zero-order valence-corrected chi connectivity index (χ0v) is 13.7. The summed E-state index contributed by atoms with van der Waals surface area (Å²) in [4.78, 5) is 25.7. The maximum absolute atomic E-state index is 12.2. The molecule has 1 aliphatic heterocycles. The van der Waals surface area contributed by atoms with Gasteiger partial charge >= 0.3 is 5.97 Å². The minimum atomic E-state index is -0.467. The molecule has 0 bridgehead atoms. The van der Waals surface area contributed by atoms with Crippen molar-refractivity contribution in [1.29, 1.82) is 0 Å². The third kappa shape index (κ3) is 2.96. The lowest BCUT2D eigenvalue weighted by molar-refractivity contribution is -0.126. The molecule has 2 heterocycles. The number of ether oxygens (including phenoxy) is 1. The Morgan fingerprint density at radius 3 is 2.74 bits per heavy atom. The molecule has 0 N–H and O–H groups in total. The highest BCUT2D eigenvalue weighted by atomic mass is 32.2. The van der Waals surface area contributed by atoms with Gasteiger partial charge in [-0.1, -0.05) is 18.2 Å². The van der Waals surface area contributed by atoms with Crippen molar-refractivity contribution in [2.24, 2.45) is 0 Å². The van der Waals surface area contributed by atoms with Gasteiger partial charge in [0.05, 0.1) is 18.0 Å². The van der Waals surface area contributed by atoms with Crippen LogP contribution in [0.15, 0.2) is 36.5 Å². The van der Waals surface area contributed by atoms with Crippen molar-refractivity contribution < 1.29 is 14.3 Å². The van der Waals surface area contributed by atoms with Crippen LogP contribution in [0.25, 0.3) is 5.69 Å². The molecule has 0 aliphatic carbocycles. The lowest BCUT2D eigenvalue weighted by Crippen LogP contribution is -2.24. The number of hydrogen-bond donors (Lipinski definition) is 0. The predicted octanol–water partition coefficient (Wildman–Crippen LogP) is 2.25. The van der Waals surface area contributed by atoms with E-state index in [0.717, 1.165) is 5.69 Å². The molecule has 2 aromatic rings. The van der Waals surface area contributed by atoms with E-state index in [1.165, 1.54) is 11.8 Å². The Morgan fingerprint density at radius 1 is 1.39 bits per heavy atom. The van der Waals surface area contributed by atoms with Crippen molar-refractivity contribution in [3.8, 4) is 5.69 Å². The predicted molar refractivity (Wildman–Crippen MR) is 87.5 cm³/mol. The first-order chi connectivity index (χ1) is 11.1. The molecule has 6 nitrogen and oxygen atoms in total. The molecule has 23 heavy (non-hydrogen) atoms. The molecule has 0 saturated carbocycles. The van der Waals surface area contributed by atoms with E-state index >= 15 is 0 Å². The maximum atomic E-state index is 12.2. The molecule has 1 aromatic heterocycles. The van der Waals surface area contributed by atoms with Crippen molar-refractivity contribution in [1.82, 2.24) is 14.7 Å². The third-order valence-corrected chi connectivity index (χ3v) is 4.91. The molecule has 1 fully saturated rings. The van der Waals surface area contributed by atoms with E-state index in [1.54, 1.807) is 29.7 Å². The van der Waals surface area contributed by atoms with E-state index < -0.39 is 5.97 Å². The molecule has 3 rings (SSSR count). The van der Waals surface area contributed by atoms with Crippen molar-refractivity contribution in [3.05, 3.63) is 47.8 Å². The summed E-state index contributed by atoms with van der Waals surface area (Å²) in [5.74, 6) is -0.0206. The van der Waals surface area contributed by atoms with Gasteiger partial charge in [0.15, 0.2) is 5.69 Å². The Balaban J connectivity index is 2.04. The third-order valence-electron chi connectivity index (χ3n) is 3.61. The van der Waals surface area contributed by atoms with Gasteiger partial charge in [0.2, 0.25) is 5.91 Å². The molecule has 1 aliphatic rings. The molecule has 0 spiro atoms. The number of esters is 1. The Bertz CT molecular complexity index is 729. The molecule has 1 amide bonds. The summed E-state index contributed by atoms with van der Waals surface area (Å²) in [6.45, 7) is 2.04. The van der Waals surface area contributed by atoms with E-state index in [0.29, 0.717) is 11.3 Å². The molecule has 0 unspecified atom stereocenters. The molecule has 1 atom stereocenters. The van der Waals surface area contributed by atoms with Crippen LogP contribution in [0.5, 0.6) is 0 Å². The first-order valence-electron chi connectivity index (χ1n) is 7.31. The van der Waals surface area contributed by atoms with E-state index in [9.17, 15) is 9.59 Å². The largest absolute Gasteiger partial charge is 0.461 e. The Kier molecular flexibility index (Phi) is 4.38. The molecular weight excluding hydrogens is 314 g/mol. The van der Waals surface area contributed by atoms with Gasteiger partial charge in [-0.25, -0.2) is 9.48 Å². The van der Waals surface area contributed by atoms with Crippen LogP contribution in [0.2, 0.25) is 0 Å². The number of thioether (sulfide) groups is 1. The Hall–Kier alpha value is -2.28. The van der Waals surface area contributed by atoms with E-state index in [1.807, 2.05) is 30.3 Å². The van der Waals surface area contributed by atoms with Gasteiger partial charge in [-0.3, -0.25) is 4.79 Å². The van der Waals surface area contributed by atoms with E-state index in [-0.39, 0.29) is 23.6 Å². The summed E-state index contributed by atoms with van der Waals surface area (Å²) in [5, 5.41) is 4.17. The molecule has 1 aromatic carbocycles. The topological polar surface area (TPSA) is 64.4 Å². The van der Waals surface area contributed by atoms with Crippen LogP contribution in [0.3, 0.4) is 0 Å². The lowest BCUT2D eigenvalue weighted by Gasteiger charge is -2.18. The number of carbonyl (C=O) groups excluding carboxylic acids is 2. The second-order valence-electron chi connectivity index (χ2n) is 5.10. The average molecular weight is 331 g/mol. The molecular formula is C16H17N3O3S. The fourth-order valence-corrected chi connectivity index (χ4v) is 3.63. The smallest absolute Gasteiger partial charge is 0.359 e. The van der Waals surface area contributed by atoms with Crippen LogP contribution in [0.4, 0.5) is 0 Å². The Morgan fingerprint density at radius 2 is 2.13 bits per heavy atom. The molecule has 0 radical (unpaired) electrons. The quantitative estimate of drug-likeness (QED) is 0.804. The van der Waals surface area contributed by atoms with Crippen molar-refractivity contribution in [2.45, 2.75) is 12.3 Å². The lowest BCUT2D eigenvalue weighted by atomic mass is 10.2. The number of carbonyl (C=O) groups is 2. The normalized spacial score (nSPS) is 17.6. The van der Waals surface area contributed by atoms with Gasteiger partial charge in [0.1, 0.15) is 5.37 Å². The molecule has 1 saturated heterocycles. The van der Waals surface area contributed by atoms with Gasteiger partial charge in [0.25, 0.3) is 0 Å². The standard InChI is InChI=1S/C16H17N3O3S/c1-3-22-16(21)14-12(15-18(2)13(20)10-23-15)9-19(17-14)11-7-5-4-6-8-11/h4-9,15H,3,10H2,1-2H3/t15-/m0/s1. The molecule has 120 valence electrons. The van der Waals surface area contributed by atoms with Crippen LogP contribution >= 0.6 is 11.8 Å². The number of para-hydroxylation sites is 1. The monoisotopic (exact) mass is 331 g/mol. The first-order valence-corrected chi connectivity index (χ1v) is 8.36. The fourth-order valence-electron chi connectivity index (χ4n) is 2.43. The van der Waals surface area contributed by atoms with Crippen LogP contribution in [-0.2, 0) is 9.53 Å². The summed E-state index contributed by atoms with van der Waals surface area (Å²) in [6.07, 6.45) is 1.80. The second kappa shape index (κ2) is 6.45. The number of hydrogen-bond acceptors (Lipinski definition) is 5. The van der Waals surface area contributed by atoms with Crippen LogP contribution in [0, 0.1) is 0 Å². The SMILES string of the molecule is CCOC(=O)c1nn(-c2ccccc2)cc1[C@@H]1SCC(=O)N1C. The number of benzene rings is 1. The Labute approximate surface area is 138 Å². The van der Waals surface area contributed by atoms with E-state index in [4.69, 9.17) is 4.74 Å². The van der Waals surface area contributed by atoms with Crippen molar-refractivity contribution in [3.63, 3.8) is 0 Å². The van der Waals surface area contributed by atoms with Crippen LogP contribution < -0.4 is 0 Å². The highest BCUT2D eigenvalue weighted by Gasteiger charge is 2.35. The summed E-state index contributed by atoms with van der Waals surface area (Å²) in [6, 6.07) is 9.53. The first kappa shape index (κ1) is 15.6. The van der Waals surface area contributed by atoms with Crippen LogP contribution in [0.1, 0.15) is 28.3 Å². The minimum absolute atomic E-state index is 0.0438. The summed E-state index contributed by atoms with van der Waals surface area (Å²) < 4.78 is 6.76. The van der Waals surface area contributed by atoms with Crippen LogP contribution in [-0.4, -0.2) is 46.0 Å². The van der Waals surface area contributed by atoms with Gasteiger partial charge in [0, 0.05) is 18.8 Å². The zero-order chi connectivity index (χ0) is 16.4. The van der Waals surface area contributed by atoms with Crippen molar-refractivity contribution in [2.75, 3.05) is 19.4 Å². The maximum Gasteiger partial charge on any atom is 0.359 e. The number of nitrogens with zero attached hydrogens (tertiary/aromatic N) is 3. The zero-order valence-electron chi connectivity index (χ0n) is 12.9. The average Bonchev–Trinajstić information content (AvgIpc) is 3.13. The molecule has 7 heteroatoms. The van der Waals surface area contributed by atoms with Gasteiger partial charge in [-0.15, -0.1) is 11.8 Å². The highest BCUT2D eigenvalue weighted by molar-refractivity contribution is 8.00. The van der Waals surface area contributed by atoms with Gasteiger partial charge in [-0.2, -0.15) is 5.10 Å². The van der Waals surface area contributed by atoms with Crippen molar-refractivity contribution >= 4 is 23.6 Å². The van der Waals surface area contributed by atoms with Gasteiger partial charge < -0.3 is 9.64 Å². The highest BCUT2D eigenvalue weighted by Crippen LogP contribution is 2.39. The summed E-state index contributed by atoms with van der Waals surface area (Å²) in [7, 11) is 1.74.